The molecule has 0 amide bonds. The SMILES string of the molecule is CC(C)(C)c1cc2c3c(c1)C1(C)CCCCC1(C)N3B1c3cccc4c3N(c3ccccc3C43c4ccccc4-c4ccccc43)c3cc(N(c4ccccc4)c4ccccc4)cc-2c31. The van der Waals surface area contributed by atoms with Crippen LogP contribution in [-0.2, 0) is 16.2 Å². The van der Waals surface area contributed by atoms with Crippen LogP contribution in [0.3, 0.4) is 0 Å². The second kappa shape index (κ2) is 12.7. The average Bonchev–Trinajstić information content (AvgIpc) is 3.74. The van der Waals surface area contributed by atoms with E-state index in [1.54, 1.807) is 5.56 Å². The molecular weight excluding hydrogens is 786 g/mol. The van der Waals surface area contributed by atoms with E-state index >= 15 is 0 Å². The van der Waals surface area contributed by atoms with Crippen LogP contribution < -0.4 is 25.5 Å². The molecule has 0 saturated heterocycles. The van der Waals surface area contributed by atoms with Crippen molar-refractivity contribution in [1.29, 1.82) is 0 Å². The van der Waals surface area contributed by atoms with Gasteiger partial charge in [-0.05, 0) is 135 Å². The van der Waals surface area contributed by atoms with Crippen LogP contribution in [0.15, 0.2) is 176 Å². The zero-order chi connectivity index (χ0) is 43.6. The second-order valence-corrected chi connectivity index (χ2v) is 21.1. The largest absolute Gasteiger partial charge is 0.400 e. The van der Waals surface area contributed by atoms with E-state index in [0.29, 0.717) is 0 Å². The van der Waals surface area contributed by atoms with Crippen molar-refractivity contribution in [3.8, 4) is 22.3 Å². The van der Waals surface area contributed by atoms with Gasteiger partial charge in [0.2, 0.25) is 0 Å². The number of benzene rings is 8. The van der Waals surface area contributed by atoms with Crippen LogP contribution in [0.25, 0.3) is 22.3 Å². The molecule has 0 radical (unpaired) electrons. The number of anilines is 7. The average molecular weight is 838 g/mol. The number of hydrogen-bond donors (Lipinski definition) is 0. The highest BCUT2D eigenvalue weighted by Gasteiger charge is 2.64. The Kier molecular flexibility index (Phi) is 7.36. The first-order chi connectivity index (χ1) is 31.6. The van der Waals surface area contributed by atoms with Crippen molar-refractivity contribution in [3.05, 3.63) is 209 Å². The summed E-state index contributed by atoms with van der Waals surface area (Å²) < 4.78 is 0. The Bertz CT molecular complexity index is 3240. The third-order valence-corrected chi connectivity index (χ3v) is 17.1. The maximum atomic E-state index is 3.00. The van der Waals surface area contributed by atoms with E-state index < -0.39 is 5.41 Å². The van der Waals surface area contributed by atoms with Gasteiger partial charge in [-0.15, -0.1) is 0 Å². The fraction of sp³-hybridized carbons (Fsp3) is 0.213. The molecule has 65 heavy (non-hydrogen) atoms. The normalized spacial score (nSPS) is 20.6. The van der Waals surface area contributed by atoms with Crippen LogP contribution in [0.1, 0.15) is 93.7 Å². The van der Waals surface area contributed by atoms with Gasteiger partial charge in [-0.1, -0.05) is 168 Å². The highest BCUT2D eigenvalue weighted by Crippen LogP contribution is 2.67. The van der Waals surface area contributed by atoms with Gasteiger partial charge in [0, 0.05) is 50.6 Å². The van der Waals surface area contributed by atoms with Crippen LogP contribution in [-0.4, -0.2) is 12.4 Å². The standard InChI is InChI=1S/C61H52BN3/c1-58(2,3)39-35-46-45-37-42(63(40-21-8-6-9-22-40)41-23-10-7-11-24-41)38-54-55(45)62(65-56(46)51(36-39)59(4)33-18-19-34-60(59,65)5)52-31-20-30-50-57(52)64(54)53-32-17-16-29-49(53)61(50)47-27-14-12-25-43(47)44-26-13-15-28-48(44)61/h6-17,20-32,35-38H,18-19,33-34H2,1-5H3. The molecule has 8 aromatic rings. The number of para-hydroxylation sites is 4. The molecule has 14 rings (SSSR count). The number of hydrogen-bond acceptors (Lipinski definition) is 3. The summed E-state index contributed by atoms with van der Waals surface area (Å²) in [6.07, 6.45) is 4.87. The van der Waals surface area contributed by atoms with Gasteiger partial charge >= 0.3 is 6.85 Å². The lowest BCUT2D eigenvalue weighted by atomic mass is 9.41. The molecule has 2 atom stereocenters. The lowest BCUT2D eigenvalue weighted by Gasteiger charge is -2.56. The molecule has 1 fully saturated rings. The van der Waals surface area contributed by atoms with Crippen LogP contribution in [0.2, 0.25) is 0 Å². The summed E-state index contributed by atoms with van der Waals surface area (Å²) in [6.45, 7) is 12.5. The molecule has 0 bridgehead atoms. The zero-order valence-electron chi connectivity index (χ0n) is 38.0. The van der Waals surface area contributed by atoms with Crippen molar-refractivity contribution in [3.63, 3.8) is 0 Å². The fourth-order valence-corrected chi connectivity index (χ4v) is 14.0. The Hall–Kier alpha value is -6.78. The summed E-state index contributed by atoms with van der Waals surface area (Å²) in [4.78, 5) is 8.19. The molecule has 0 N–H and O–H groups in total. The van der Waals surface area contributed by atoms with E-state index in [-0.39, 0.29) is 23.2 Å². The lowest BCUT2D eigenvalue weighted by Crippen LogP contribution is -2.71. The summed E-state index contributed by atoms with van der Waals surface area (Å²) in [5.74, 6) is 0. The number of rotatable bonds is 3. The van der Waals surface area contributed by atoms with E-state index in [1.807, 2.05) is 0 Å². The van der Waals surface area contributed by atoms with Crippen molar-refractivity contribution >= 4 is 57.6 Å². The quantitative estimate of drug-likeness (QED) is 0.164. The maximum Gasteiger partial charge on any atom is 0.328 e. The van der Waals surface area contributed by atoms with E-state index in [1.165, 1.54) is 115 Å². The van der Waals surface area contributed by atoms with E-state index in [0.717, 1.165) is 11.4 Å². The van der Waals surface area contributed by atoms with Gasteiger partial charge < -0.3 is 14.6 Å². The second-order valence-electron chi connectivity index (χ2n) is 21.1. The molecule has 4 aliphatic heterocycles. The molecule has 6 aliphatic rings. The van der Waals surface area contributed by atoms with Crippen molar-refractivity contribution in [2.24, 2.45) is 0 Å². The molecule has 2 unspecified atom stereocenters. The van der Waals surface area contributed by atoms with E-state index in [9.17, 15) is 0 Å². The predicted molar refractivity (Wildman–Crippen MR) is 273 cm³/mol. The first-order valence-electron chi connectivity index (χ1n) is 23.9. The summed E-state index contributed by atoms with van der Waals surface area (Å²) in [7, 11) is 0. The Labute approximate surface area is 384 Å². The summed E-state index contributed by atoms with van der Waals surface area (Å²) in [5, 5.41) is 0. The minimum atomic E-state index is -0.489. The monoisotopic (exact) mass is 837 g/mol. The Balaban J connectivity index is 1.16. The van der Waals surface area contributed by atoms with Crippen LogP contribution in [0.5, 0.6) is 0 Å². The maximum absolute atomic E-state index is 3.00. The highest BCUT2D eigenvalue weighted by molar-refractivity contribution is 6.93. The summed E-state index contributed by atoms with van der Waals surface area (Å²) in [5.41, 5.74) is 24.9. The van der Waals surface area contributed by atoms with Crippen molar-refractivity contribution in [1.82, 2.24) is 0 Å². The Morgan fingerprint density at radius 2 is 1.09 bits per heavy atom. The molecule has 4 heterocycles. The topological polar surface area (TPSA) is 9.72 Å². The molecule has 1 saturated carbocycles. The van der Waals surface area contributed by atoms with E-state index in [4.69, 9.17) is 0 Å². The van der Waals surface area contributed by atoms with Crippen molar-refractivity contribution in [2.45, 2.75) is 82.1 Å². The minimum absolute atomic E-state index is 0.00905. The highest BCUT2D eigenvalue weighted by atomic mass is 15.2. The summed E-state index contributed by atoms with van der Waals surface area (Å²) >= 11 is 0. The molecular formula is C61H52BN3. The van der Waals surface area contributed by atoms with Gasteiger partial charge in [0.15, 0.2) is 0 Å². The zero-order valence-corrected chi connectivity index (χ0v) is 38.0. The third kappa shape index (κ3) is 4.53. The molecule has 3 nitrogen and oxygen atoms in total. The Morgan fingerprint density at radius 1 is 0.492 bits per heavy atom. The van der Waals surface area contributed by atoms with Gasteiger partial charge in [0.1, 0.15) is 0 Å². The predicted octanol–water partition coefficient (Wildman–Crippen LogP) is 14.1. The Morgan fingerprint density at radius 3 is 1.77 bits per heavy atom. The van der Waals surface area contributed by atoms with Crippen molar-refractivity contribution < 1.29 is 0 Å². The van der Waals surface area contributed by atoms with Gasteiger partial charge in [-0.2, -0.15) is 0 Å². The van der Waals surface area contributed by atoms with Gasteiger partial charge in [-0.3, -0.25) is 0 Å². The molecule has 0 aromatic heterocycles. The number of nitrogens with zero attached hydrogens (tertiary/aromatic N) is 3. The minimum Gasteiger partial charge on any atom is -0.400 e. The first kappa shape index (κ1) is 37.6. The van der Waals surface area contributed by atoms with Crippen LogP contribution in [0, 0.1) is 0 Å². The smallest absolute Gasteiger partial charge is 0.328 e. The molecule has 1 spiro atoms. The molecule has 314 valence electrons. The van der Waals surface area contributed by atoms with Gasteiger partial charge in [0.05, 0.1) is 11.1 Å². The molecule has 8 aromatic carbocycles. The summed E-state index contributed by atoms with van der Waals surface area (Å²) in [6, 6.07) is 67.6. The van der Waals surface area contributed by atoms with Crippen LogP contribution >= 0.6 is 0 Å². The number of fused-ring (bicyclic) bond motifs is 16. The van der Waals surface area contributed by atoms with Crippen molar-refractivity contribution in [2.75, 3.05) is 14.6 Å². The van der Waals surface area contributed by atoms with E-state index in [2.05, 4.69) is 225 Å². The fourth-order valence-electron chi connectivity index (χ4n) is 14.0. The first-order valence-corrected chi connectivity index (χ1v) is 23.9. The van der Waals surface area contributed by atoms with Gasteiger partial charge in [0.25, 0.3) is 0 Å². The lowest BCUT2D eigenvalue weighted by molar-refractivity contribution is 0.199. The molecule has 2 aliphatic carbocycles. The van der Waals surface area contributed by atoms with Gasteiger partial charge in [-0.25, -0.2) is 0 Å². The third-order valence-electron chi connectivity index (χ3n) is 17.1. The molecule has 4 heteroatoms. The van der Waals surface area contributed by atoms with Crippen LogP contribution in [0.4, 0.5) is 39.8 Å².